The molecule has 136 valence electrons. The van der Waals surface area contributed by atoms with Crippen molar-refractivity contribution in [3.8, 4) is 0 Å². The Kier molecular flexibility index (Phi) is 4.46. The van der Waals surface area contributed by atoms with E-state index in [1.54, 1.807) is 23.9 Å². The number of aliphatic imine (C=N–C) groups is 1. The fraction of sp³-hybridized carbons (Fsp3) is 0.0800. The van der Waals surface area contributed by atoms with Crippen molar-refractivity contribution in [3.63, 3.8) is 0 Å². The van der Waals surface area contributed by atoms with Gasteiger partial charge in [-0.25, -0.2) is 4.39 Å². The Morgan fingerprint density at radius 2 is 1.54 bits per heavy atom. The highest BCUT2D eigenvalue weighted by Gasteiger charge is 2.24. The molecule has 1 nitrogen and oxygen atoms in total. The highest BCUT2D eigenvalue weighted by Crippen LogP contribution is 2.46. The smallest absolute Gasteiger partial charge is 0.127 e. The van der Waals surface area contributed by atoms with Gasteiger partial charge in [-0.15, -0.1) is 11.8 Å². The lowest BCUT2D eigenvalue weighted by atomic mass is 9.98. The van der Waals surface area contributed by atoms with Crippen molar-refractivity contribution in [2.45, 2.75) is 16.6 Å². The lowest BCUT2D eigenvalue weighted by Gasteiger charge is -2.17. The van der Waals surface area contributed by atoms with Gasteiger partial charge < -0.3 is 0 Å². The molecule has 1 aliphatic rings. The molecule has 1 aliphatic heterocycles. The third kappa shape index (κ3) is 3.23. The highest BCUT2D eigenvalue weighted by atomic mass is 32.2. The van der Waals surface area contributed by atoms with Gasteiger partial charge in [-0.1, -0.05) is 66.7 Å². The molecule has 0 saturated carbocycles. The van der Waals surface area contributed by atoms with Crippen molar-refractivity contribution in [1.29, 1.82) is 0 Å². The fourth-order valence-electron chi connectivity index (χ4n) is 3.67. The number of benzene rings is 4. The van der Waals surface area contributed by atoms with Crippen molar-refractivity contribution >= 4 is 33.9 Å². The van der Waals surface area contributed by atoms with Crippen LogP contribution in [0.3, 0.4) is 0 Å². The highest BCUT2D eigenvalue weighted by molar-refractivity contribution is 7.99. The van der Waals surface area contributed by atoms with E-state index in [1.165, 1.54) is 10.8 Å². The number of rotatable bonds is 2. The standard InChI is InChI=1S/C25H18FNS/c26-21-10-4-3-9-20(21)25-16-23(27-22-11-5-6-12-24(22)28-25)19-14-13-17-7-1-2-8-18(17)15-19/h1-15,25H,16H2/t25-/m0/s1. The maximum Gasteiger partial charge on any atom is 0.127 e. The average molecular weight is 383 g/mol. The molecule has 28 heavy (non-hydrogen) atoms. The first-order chi connectivity index (χ1) is 13.8. The van der Waals surface area contributed by atoms with E-state index in [1.807, 2.05) is 42.5 Å². The number of thioether (sulfide) groups is 1. The number of hydrogen-bond donors (Lipinski definition) is 0. The lowest BCUT2D eigenvalue weighted by Crippen LogP contribution is -2.06. The molecule has 0 fully saturated rings. The summed E-state index contributed by atoms with van der Waals surface area (Å²) in [5, 5.41) is 2.38. The van der Waals surface area contributed by atoms with Gasteiger partial charge in [-0.3, -0.25) is 4.99 Å². The Morgan fingerprint density at radius 1 is 0.786 bits per heavy atom. The molecule has 1 atom stereocenters. The topological polar surface area (TPSA) is 12.4 Å². The SMILES string of the molecule is Fc1ccccc1[C@@H]1CC(c2ccc3ccccc3c2)=Nc2ccccc2S1. The maximum absolute atomic E-state index is 14.6. The quantitative estimate of drug-likeness (QED) is 0.353. The first kappa shape index (κ1) is 17.2. The monoisotopic (exact) mass is 383 g/mol. The molecule has 3 heteroatoms. The van der Waals surface area contributed by atoms with Gasteiger partial charge in [0.05, 0.1) is 5.69 Å². The summed E-state index contributed by atoms with van der Waals surface area (Å²) in [6, 6.07) is 30.0. The van der Waals surface area contributed by atoms with Crippen LogP contribution in [0, 0.1) is 5.82 Å². The zero-order valence-corrected chi connectivity index (χ0v) is 16.0. The molecule has 0 aliphatic carbocycles. The van der Waals surface area contributed by atoms with Gasteiger partial charge in [0.2, 0.25) is 0 Å². The molecule has 4 aromatic rings. The minimum Gasteiger partial charge on any atom is -0.252 e. The van der Waals surface area contributed by atoms with Gasteiger partial charge in [0, 0.05) is 27.8 Å². The Morgan fingerprint density at radius 3 is 2.43 bits per heavy atom. The molecular weight excluding hydrogens is 365 g/mol. The fourth-order valence-corrected chi connectivity index (χ4v) is 4.93. The normalized spacial score (nSPS) is 16.3. The van der Waals surface area contributed by atoms with Crippen LogP contribution in [-0.2, 0) is 0 Å². The summed E-state index contributed by atoms with van der Waals surface area (Å²) in [7, 11) is 0. The van der Waals surface area contributed by atoms with Crippen LogP contribution in [0.1, 0.15) is 22.8 Å². The zero-order chi connectivity index (χ0) is 18.9. The predicted molar refractivity (Wildman–Crippen MR) is 116 cm³/mol. The second-order valence-corrected chi connectivity index (χ2v) is 8.16. The first-order valence-corrected chi connectivity index (χ1v) is 10.2. The van der Waals surface area contributed by atoms with Gasteiger partial charge in [-0.2, -0.15) is 0 Å². The summed E-state index contributed by atoms with van der Waals surface area (Å²) in [6.45, 7) is 0. The van der Waals surface area contributed by atoms with E-state index in [0.29, 0.717) is 6.42 Å². The van der Waals surface area contributed by atoms with E-state index >= 15 is 0 Å². The average Bonchev–Trinajstić information content (AvgIpc) is 2.93. The number of halogens is 1. The Balaban J connectivity index is 1.64. The summed E-state index contributed by atoms with van der Waals surface area (Å²) in [6.07, 6.45) is 0.679. The number of hydrogen-bond acceptors (Lipinski definition) is 2. The van der Waals surface area contributed by atoms with E-state index in [9.17, 15) is 4.39 Å². The number of para-hydroxylation sites is 1. The predicted octanol–water partition coefficient (Wildman–Crippen LogP) is 7.34. The van der Waals surface area contributed by atoms with Crippen molar-refractivity contribution < 1.29 is 4.39 Å². The summed E-state index contributed by atoms with van der Waals surface area (Å²) in [5.41, 5.74) is 3.78. The Hall–Kier alpha value is -2.91. The molecule has 0 spiro atoms. The molecule has 4 aromatic carbocycles. The van der Waals surface area contributed by atoms with Crippen LogP contribution in [0.2, 0.25) is 0 Å². The second-order valence-electron chi connectivity index (χ2n) is 6.92. The lowest BCUT2D eigenvalue weighted by molar-refractivity contribution is 0.609. The summed E-state index contributed by atoms with van der Waals surface area (Å²) < 4.78 is 14.6. The minimum atomic E-state index is -0.155. The van der Waals surface area contributed by atoms with Gasteiger partial charge in [0.25, 0.3) is 0 Å². The molecule has 0 N–H and O–H groups in total. The molecule has 0 aromatic heterocycles. The zero-order valence-electron chi connectivity index (χ0n) is 15.2. The van der Waals surface area contributed by atoms with Crippen LogP contribution >= 0.6 is 11.8 Å². The Labute approximate surface area is 168 Å². The molecule has 0 saturated heterocycles. The molecular formula is C25H18FNS. The molecule has 0 bridgehead atoms. The Bertz CT molecular complexity index is 1200. The maximum atomic E-state index is 14.6. The van der Waals surface area contributed by atoms with Crippen molar-refractivity contribution in [2.75, 3.05) is 0 Å². The molecule has 0 radical (unpaired) electrons. The van der Waals surface area contributed by atoms with Crippen LogP contribution < -0.4 is 0 Å². The summed E-state index contributed by atoms with van der Waals surface area (Å²) in [5.74, 6) is -0.155. The van der Waals surface area contributed by atoms with Crippen LogP contribution in [0.4, 0.5) is 10.1 Å². The third-order valence-corrected chi connectivity index (χ3v) is 6.41. The van der Waals surface area contributed by atoms with Gasteiger partial charge >= 0.3 is 0 Å². The number of fused-ring (bicyclic) bond motifs is 2. The summed E-state index contributed by atoms with van der Waals surface area (Å²) in [4.78, 5) is 6.08. The summed E-state index contributed by atoms with van der Waals surface area (Å²) >= 11 is 1.69. The van der Waals surface area contributed by atoms with E-state index < -0.39 is 0 Å². The van der Waals surface area contributed by atoms with Crippen LogP contribution in [0.25, 0.3) is 10.8 Å². The van der Waals surface area contributed by atoms with Crippen molar-refractivity contribution in [2.24, 2.45) is 4.99 Å². The second kappa shape index (κ2) is 7.25. The molecule has 0 unspecified atom stereocenters. The van der Waals surface area contributed by atoms with Crippen molar-refractivity contribution in [3.05, 3.63) is 108 Å². The van der Waals surface area contributed by atoms with E-state index in [0.717, 1.165) is 27.4 Å². The minimum absolute atomic E-state index is 0.0185. The van der Waals surface area contributed by atoms with E-state index in [2.05, 4.69) is 36.4 Å². The van der Waals surface area contributed by atoms with Gasteiger partial charge in [0.1, 0.15) is 5.82 Å². The third-order valence-electron chi connectivity index (χ3n) is 5.10. The molecule has 0 amide bonds. The number of nitrogens with zero attached hydrogens (tertiary/aromatic N) is 1. The van der Waals surface area contributed by atoms with E-state index in [4.69, 9.17) is 4.99 Å². The van der Waals surface area contributed by atoms with Gasteiger partial charge in [0.15, 0.2) is 0 Å². The van der Waals surface area contributed by atoms with Crippen LogP contribution in [-0.4, -0.2) is 5.71 Å². The largest absolute Gasteiger partial charge is 0.252 e. The molecule has 1 heterocycles. The molecule has 5 rings (SSSR count). The first-order valence-electron chi connectivity index (χ1n) is 9.35. The van der Waals surface area contributed by atoms with Gasteiger partial charge in [-0.05, 0) is 40.6 Å². The van der Waals surface area contributed by atoms with Crippen LogP contribution in [0.5, 0.6) is 0 Å². The van der Waals surface area contributed by atoms with Crippen molar-refractivity contribution in [1.82, 2.24) is 0 Å². The van der Waals surface area contributed by atoms with E-state index in [-0.39, 0.29) is 11.1 Å². The van der Waals surface area contributed by atoms with Crippen LogP contribution in [0.15, 0.2) is 101 Å².